The molecular weight excluding hydrogens is 1010 g/mol. The molecule has 8 atom stereocenters. The lowest BCUT2D eigenvalue weighted by Gasteiger charge is -2.20. The third kappa shape index (κ3) is 34.5. The van der Waals surface area contributed by atoms with Crippen molar-refractivity contribution in [3.8, 4) is 0 Å². The van der Waals surface area contributed by atoms with Crippen LogP contribution in [0.4, 0.5) is 0 Å². The van der Waals surface area contributed by atoms with Gasteiger partial charge >= 0.3 is 36.0 Å². The highest BCUT2D eigenvalue weighted by atomic mass is 31.3. The maximum absolute atomic E-state index is 12.7. The average molecular weight is 1100 g/mol. The van der Waals surface area contributed by atoms with Crippen LogP contribution in [0.2, 0.25) is 0 Å². The summed E-state index contributed by atoms with van der Waals surface area (Å²) in [6.45, 7) is 4.86. The molecule has 420 valence electrons. The minimum absolute atomic E-state index is 0.00765. The maximum atomic E-state index is 12.7. The van der Waals surface area contributed by atoms with E-state index in [1.165, 1.54) is 167 Å². The van der Waals surface area contributed by atoms with Gasteiger partial charge in [0.2, 0.25) is 0 Å². The van der Waals surface area contributed by atoms with Crippen LogP contribution < -0.4 is 11.2 Å². The van der Waals surface area contributed by atoms with Gasteiger partial charge in [0.1, 0.15) is 18.9 Å². The molecule has 73 heavy (non-hydrogen) atoms. The minimum Gasteiger partial charge on any atom is -0.451 e. The number of ketones is 1. The third-order valence-corrected chi connectivity index (χ3v) is 15.8. The molecule has 1 aromatic rings. The number of nitrogens with zero attached hydrogens (tertiary/aromatic N) is 4. The van der Waals surface area contributed by atoms with Crippen molar-refractivity contribution in [1.82, 2.24) is 9.55 Å². The smallest absolute Gasteiger partial charge is 0.451 e. The zero-order chi connectivity index (χ0) is 54.1. The number of carbonyl (C=O) groups is 2. The van der Waals surface area contributed by atoms with Crippen LogP contribution in [-0.2, 0) is 45.9 Å². The number of esters is 1. The molecule has 0 aromatic carbocycles. The fourth-order valence-corrected chi connectivity index (χ4v) is 10.7. The van der Waals surface area contributed by atoms with Crippen molar-refractivity contribution in [1.29, 1.82) is 0 Å². The van der Waals surface area contributed by atoms with E-state index in [1.807, 2.05) is 0 Å². The Balaban J connectivity index is 0.000000790. The van der Waals surface area contributed by atoms with Gasteiger partial charge in [0.25, 0.3) is 5.56 Å². The van der Waals surface area contributed by atoms with Crippen LogP contribution in [0.25, 0.3) is 10.4 Å². The lowest BCUT2D eigenvalue weighted by atomic mass is 10.0. The van der Waals surface area contributed by atoms with Crippen LogP contribution in [0.3, 0.4) is 0 Å². The van der Waals surface area contributed by atoms with Crippen molar-refractivity contribution >= 4 is 36.1 Å². The molecule has 5 unspecified atom stereocenters. The Morgan fingerprint density at radius 1 is 0.795 bits per heavy atom. The Labute approximate surface area is 434 Å². The number of azide groups is 1. The minimum atomic E-state index is -5.12. The molecule has 0 spiro atoms. The number of hydrogen-bond donors (Lipinski definition) is 5. The SMILES string of the molecule is CCCCCCCCCCCCCCCCCC(=O)OC(C(=O)CCCCCCCCCCCCCCCCC)C(O)CO.Cc1cn([C@H]2C[C@H](N=[N+]=[N-])[C@@H](CO[P+](=O)OP(=O)(O)O[P+](=O)O)O2)c(=O)[nH]c1=O. The molecule has 1 aliphatic rings. The summed E-state index contributed by atoms with van der Waals surface area (Å²) in [6.07, 6.45) is 35.1. The van der Waals surface area contributed by atoms with Crippen molar-refractivity contribution in [3.63, 3.8) is 0 Å². The van der Waals surface area contributed by atoms with Crippen LogP contribution >= 0.6 is 24.3 Å². The number of aliphatic hydroxyl groups excluding tert-OH is 2. The van der Waals surface area contributed by atoms with E-state index in [0.717, 1.165) is 43.1 Å². The van der Waals surface area contributed by atoms with Gasteiger partial charge < -0.3 is 19.7 Å². The van der Waals surface area contributed by atoms with Gasteiger partial charge in [-0.05, 0) is 25.3 Å². The zero-order valence-corrected chi connectivity index (χ0v) is 46.7. The first-order valence-electron chi connectivity index (χ1n) is 27.1. The average Bonchev–Trinajstić information content (AvgIpc) is 3.75. The Kier molecular flexibility index (Phi) is 40.5. The molecular formula is C49H90N5O16P3+2. The first-order chi connectivity index (χ1) is 35.1. The number of H-pyrrole nitrogens is 1. The van der Waals surface area contributed by atoms with Crippen molar-refractivity contribution in [3.05, 3.63) is 43.0 Å². The molecule has 0 radical (unpaired) electrons. The van der Waals surface area contributed by atoms with Gasteiger partial charge in [-0.15, -0.1) is 9.42 Å². The Hall–Kier alpha value is -2.76. The fraction of sp³-hybridized carbons (Fsp3) is 0.878. The number of phosphoric acid groups is 1. The number of carbonyl (C=O) groups excluding carboxylic acids is 2. The summed E-state index contributed by atoms with van der Waals surface area (Å²) in [5.74, 6) is -0.715. The second-order valence-electron chi connectivity index (χ2n) is 19.0. The van der Waals surface area contributed by atoms with Gasteiger partial charge in [-0.2, -0.15) is 0 Å². The molecule has 0 aliphatic carbocycles. The molecule has 1 aromatic heterocycles. The predicted octanol–water partition coefficient (Wildman–Crippen LogP) is 12.6. The van der Waals surface area contributed by atoms with E-state index in [9.17, 15) is 43.1 Å². The number of ether oxygens (including phenoxy) is 2. The van der Waals surface area contributed by atoms with E-state index in [4.69, 9.17) is 29.3 Å². The van der Waals surface area contributed by atoms with Gasteiger partial charge in [-0.3, -0.25) is 28.8 Å². The number of unbranched alkanes of at least 4 members (excludes halogenated alkanes) is 28. The van der Waals surface area contributed by atoms with Gasteiger partial charge in [0.15, 0.2) is 11.9 Å². The molecule has 0 bridgehead atoms. The fourth-order valence-electron chi connectivity index (χ4n) is 8.48. The molecule has 21 nitrogen and oxygen atoms in total. The summed E-state index contributed by atoms with van der Waals surface area (Å²) in [6, 6.07) is -0.878. The van der Waals surface area contributed by atoms with Gasteiger partial charge in [-0.25, -0.2) is 9.36 Å². The summed E-state index contributed by atoms with van der Waals surface area (Å²) in [4.78, 5) is 70.7. The van der Waals surface area contributed by atoms with Crippen LogP contribution in [0.1, 0.15) is 238 Å². The normalized spacial score (nSPS) is 17.4. The molecule has 2 rings (SSSR count). The topological polar surface area (TPSA) is 316 Å². The molecule has 1 aliphatic heterocycles. The third-order valence-electron chi connectivity index (χ3n) is 12.7. The standard InChI is InChI=1S/C39H76O5.C10H12N5O11P3/c1-3-5-7-9-11-13-15-17-19-21-23-25-27-29-31-33-36(41)39(37(42)35-40)44-38(43)34-32-30-28-26-24-22-20-18-16-14-12-10-8-6-4-2;1-5-3-15(10(17)12-9(5)16)8-2-6(13-14-11)7(24-8)4-23-28(20)26-29(21,22)25-27(18)19/h37,39-40,42H,3-35H2,1-2H3;3,6-8H,2,4H2,1H3,(H-2,12,16,17,18,19,21,22)/p+2/t;6-,7+,8+/m.0/s1. The first kappa shape index (κ1) is 68.3. The van der Waals surface area contributed by atoms with Crippen LogP contribution in [-0.4, -0.2) is 78.9 Å². The number of aryl methyl sites for hydroxylation is 1. The molecule has 0 saturated carbocycles. The first-order valence-corrected chi connectivity index (χ1v) is 30.8. The van der Waals surface area contributed by atoms with E-state index in [0.29, 0.717) is 0 Å². The Morgan fingerprint density at radius 3 is 1.66 bits per heavy atom. The van der Waals surface area contributed by atoms with Crippen molar-refractivity contribution in [2.24, 2.45) is 5.11 Å². The highest BCUT2D eigenvalue weighted by Crippen LogP contribution is 2.57. The summed E-state index contributed by atoms with van der Waals surface area (Å²) in [5.41, 5.74) is 7.56. The summed E-state index contributed by atoms with van der Waals surface area (Å²) in [7, 11) is -11.9. The van der Waals surface area contributed by atoms with Crippen LogP contribution in [0, 0.1) is 6.92 Å². The van der Waals surface area contributed by atoms with Crippen LogP contribution in [0.5, 0.6) is 0 Å². The van der Waals surface area contributed by atoms with Gasteiger partial charge in [-0.1, -0.05) is 199 Å². The second kappa shape index (κ2) is 43.4. The van der Waals surface area contributed by atoms with E-state index in [2.05, 4.69) is 37.5 Å². The zero-order valence-electron chi connectivity index (χ0n) is 44.0. The monoisotopic (exact) mass is 1100 g/mol. The van der Waals surface area contributed by atoms with Crippen LogP contribution in [0.15, 0.2) is 20.9 Å². The van der Waals surface area contributed by atoms with E-state index in [-0.39, 0.29) is 30.6 Å². The number of hydrogen-bond acceptors (Lipinski definition) is 15. The molecule has 1 saturated heterocycles. The lowest BCUT2D eigenvalue weighted by molar-refractivity contribution is -0.163. The van der Waals surface area contributed by atoms with Crippen molar-refractivity contribution < 1.29 is 65.9 Å². The largest absolute Gasteiger partial charge is 0.708 e. The molecule has 0 amide bonds. The summed E-state index contributed by atoms with van der Waals surface area (Å²) >= 11 is 0. The lowest BCUT2D eigenvalue weighted by Crippen LogP contribution is -2.40. The Morgan fingerprint density at radius 2 is 1.23 bits per heavy atom. The van der Waals surface area contributed by atoms with Crippen molar-refractivity contribution in [2.75, 3.05) is 13.2 Å². The van der Waals surface area contributed by atoms with Gasteiger partial charge in [0.05, 0.1) is 18.8 Å². The Bertz CT molecular complexity index is 1900. The number of aromatic amines is 1. The van der Waals surface area contributed by atoms with Gasteiger partial charge in [0, 0.05) is 53.7 Å². The molecule has 1 fully saturated rings. The number of aromatic nitrogens is 2. The highest BCUT2D eigenvalue weighted by Gasteiger charge is 2.46. The molecule has 5 N–H and O–H groups in total. The number of Topliss-reactive ketones (excluding diaryl/α,β-unsaturated/α-hetero) is 1. The van der Waals surface area contributed by atoms with E-state index < -0.39 is 85.3 Å². The quantitative estimate of drug-likeness (QED) is 0.0101. The second-order valence-corrected chi connectivity index (χ2v) is 22.5. The number of aliphatic hydroxyl groups is 2. The van der Waals surface area contributed by atoms with E-state index in [1.54, 1.807) is 0 Å². The predicted molar refractivity (Wildman–Crippen MR) is 280 cm³/mol. The number of nitrogens with one attached hydrogen (secondary N) is 1. The van der Waals surface area contributed by atoms with Crippen molar-refractivity contribution in [2.45, 2.75) is 263 Å². The maximum Gasteiger partial charge on any atom is 0.708 e. The molecule has 2 heterocycles. The molecule has 24 heteroatoms. The number of rotatable bonds is 45. The highest BCUT2D eigenvalue weighted by molar-refractivity contribution is 7.61. The summed E-state index contributed by atoms with van der Waals surface area (Å²) in [5, 5.41) is 23.0. The summed E-state index contributed by atoms with van der Waals surface area (Å²) < 4.78 is 57.7. The van der Waals surface area contributed by atoms with E-state index >= 15 is 0 Å².